The van der Waals surface area contributed by atoms with Crippen LogP contribution in [0.2, 0.25) is 0 Å². The van der Waals surface area contributed by atoms with Crippen LogP contribution >= 0.6 is 11.3 Å². The summed E-state index contributed by atoms with van der Waals surface area (Å²) in [5.41, 5.74) is 1.62. The Morgan fingerprint density at radius 2 is 1.77 bits per heavy atom. The summed E-state index contributed by atoms with van der Waals surface area (Å²) < 4.78 is 69.3. The molecule has 43 heavy (non-hydrogen) atoms. The van der Waals surface area contributed by atoms with E-state index in [9.17, 15) is 31.5 Å². The maximum absolute atomic E-state index is 13.8. The highest BCUT2D eigenvalue weighted by molar-refractivity contribution is 7.89. The molecule has 4 rings (SSSR count). The fourth-order valence-electron chi connectivity index (χ4n) is 5.70. The van der Waals surface area contributed by atoms with E-state index in [2.05, 4.69) is 17.4 Å². The van der Waals surface area contributed by atoms with Crippen LogP contribution in [0.15, 0.2) is 58.8 Å². The van der Waals surface area contributed by atoms with Crippen molar-refractivity contribution in [2.24, 2.45) is 5.92 Å². The van der Waals surface area contributed by atoms with Gasteiger partial charge in [0.2, 0.25) is 10.0 Å². The van der Waals surface area contributed by atoms with Gasteiger partial charge in [0.1, 0.15) is 0 Å². The highest BCUT2D eigenvalue weighted by Gasteiger charge is 2.34. The first-order valence-corrected chi connectivity index (χ1v) is 16.3. The SMILES string of the molecule is CN(CC(O)CNC(C)(C)CC1Cc2ccccc2C1)S(=O)(=O)c1cc(-c2ccsc2CCC(=O)O)cc(C(F)(F)F)c1. The monoisotopic (exact) mass is 638 g/mol. The number of fused-ring (bicyclic) bond motifs is 1. The molecule has 0 aliphatic heterocycles. The number of nitrogens with zero attached hydrogens (tertiary/aromatic N) is 1. The number of alkyl halides is 3. The summed E-state index contributed by atoms with van der Waals surface area (Å²) in [6, 6.07) is 12.5. The highest BCUT2D eigenvalue weighted by Crippen LogP contribution is 2.38. The fraction of sp³-hybridized carbons (Fsp3) is 0.452. The molecule has 0 saturated carbocycles. The van der Waals surface area contributed by atoms with E-state index in [-0.39, 0.29) is 37.0 Å². The van der Waals surface area contributed by atoms with Gasteiger partial charge >= 0.3 is 12.1 Å². The van der Waals surface area contributed by atoms with Crippen LogP contribution in [0.4, 0.5) is 13.2 Å². The molecule has 0 amide bonds. The Labute approximate surface area is 254 Å². The van der Waals surface area contributed by atoms with Crippen LogP contribution in [0.5, 0.6) is 0 Å². The van der Waals surface area contributed by atoms with Gasteiger partial charge in [0.05, 0.1) is 23.0 Å². The minimum Gasteiger partial charge on any atom is -0.481 e. The first kappa shape index (κ1) is 33.1. The van der Waals surface area contributed by atoms with Crippen molar-refractivity contribution in [3.63, 3.8) is 0 Å². The van der Waals surface area contributed by atoms with Crippen molar-refractivity contribution in [3.8, 4) is 11.1 Å². The number of rotatable bonds is 13. The summed E-state index contributed by atoms with van der Waals surface area (Å²) in [5.74, 6) is -0.600. The van der Waals surface area contributed by atoms with Gasteiger partial charge in [-0.1, -0.05) is 24.3 Å². The molecular formula is C31H37F3N2O5S2. The molecule has 7 nitrogen and oxygen atoms in total. The van der Waals surface area contributed by atoms with Crippen LogP contribution < -0.4 is 5.32 Å². The molecule has 3 aromatic rings. The first-order valence-electron chi connectivity index (χ1n) is 14.0. The molecular weight excluding hydrogens is 601 g/mol. The second-order valence-corrected chi connectivity index (χ2v) is 14.9. The molecule has 0 radical (unpaired) electrons. The molecule has 2 aromatic carbocycles. The van der Waals surface area contributed by atoms with Crippen LogP contribution in [0.1, 0.15) is 48.3 Å². The first-order chi connectivity index (χ1) is 20.0. The molecule has 1 aliphatic rings. The molecule has 0 spiro atoms. The van der Waals surface area contributed by atoms with E-state index in [1.54, 1.807) is 11.4 Å². The number of sulfonamides is 1. The Morgan fingerprint density at radius 1 is 1.12 bits per heavy atom. The number of nitrogens with one attached hydrogen (secondary N) is 1. The molecule has 0 fully saturated rings. The van der Waals surface area contributed by atoms with E-state index in [1.165, 1.54) is 35.6 Å². The molecule has 1 heterocycles. The van der Waals surface area contributed by atoms with E-state index >= 15 is 0 Å². The number of carboxylic acid groups (broad SMARTS) is 1. The van der Waals surface area contributed by atoms with Crippen LogP contribution in [0.3, 0.4) is 0 Å². The summed E-state index contributed by atoms with van der Waals surface area (Å²) in [7, 11) is -3.19. The maximum Gasteiger partial charge on any atom is 0.416 e. The molecule has 3 N–H and O–H groups in total. The number of aryl methyl sites for hydroxylation is 1. The number of aliphatic carboxylic acids is 1. The lowest BCUT2D eigenvalue weighted by molar-refractivity contribution is -0.138. The van der Waals surface area contributed by atoms with Gasteiger partial charge in [0, 0.05) is 30.6 Å². The van der Waals surface area contributed by atoms with Crippen molar-refractivity contribution in [1.29, 1.82) is 0 Å². The third-order valence-electron chi connectivity index (χ3n) is 7.78. The van der Waals surface area contributed by atoms with Gasteiger partial charge < -0.3 is 15.5 Å². The Balaban J connectivity index is 1.45. The van der Waals surface area contributed by atoms with Gasteiger partial charge in [-0.25, -0.2) is 8.42 Å². The van der Waals surface area contributed by atoms with E-state index in [4.69, 9.17) is 5.11 Å². The lowest BCUT2D eigenvalue weighted by Gasteiger charge is -2.31. The normalized spacial score (nSPS) is 15.2. The zero-order valence-electron chi connectivity index (χ0n) is 24.3. The number of aliphatic hydroxyl groups is 1. The molecule has 0 saturated heterocycles. The van der Waals surface area contributed by atoms with Crippen LogP contribution in [0.25, 0.3) is 11.1 Å². The lowest BCUT2D eigenvalue weighted by atomic mass is 9.88. The standard InChI is InChI=1S/C31H37F3N2O5S2/c1-30(2,17-20-12-21-6-4-5-7-22(21)13-20)35-18-25(37)19-36(3)43(40,41)26-15-23(14-24(16-26)31(32,33)34)27-10-11-42-28(27)8-9-29(38)39/h4-7,10-11,14-16,20,25,35,37H,8-9,12-13,17-19H2,1-3H3,(H,38,39). The topological polar surface area (TPSA) is 107 Å². The Bertz CT molecular complexity index is 1530. The number of hydrogen-bond donors (Lipinski definition) is 3. The molecule has 12 heteroatoms. The van der Waals surface area contributed by atoms with Crippen molar-refractivity contribution in [2.75, 3.05) is 20.1 Å². The Hall–Kier alpha value is -2.77. The lowest BCUT2D eigenvalue weighted by Crippen LogP contribution is -2.47. The Morgan fingerprint density at radius 3 is 2.37 bits per heavy atom. The minimum atomic E-state index is -4.81. The maximum atomic E-state index is 13.8. The highest BCUT2D eigenvalue weighted by atomic mass is 32.2. The fourth-order valence-corrected chi connectivity index (χ4v) is 7.88. The largest absolute Gasteiger partial charge is 0.481 e. The summed E-state index contributed by atoms with van der Waals surface area (Å²) in [5, 5.41) is 24.7. The van der Waals surface area contributed by atoms with Crippen LogP contribution in [-0.2, 0) is 40.3 Å². The number of halogens is 3. The molecule has 1 aromatic heterocycles. The second-order valence-electron chi connectivity index (χ2n) is 11.8. The number of benzene rings is 2. The van der Waals surface area contributed by atoms with E-state index < -0.39 is 38.7 Å². The number of hydrogen-bond acceptors (Lipinski definition) is 6. The second kappa shape index (κ2) is 13.1. The Kier molecular flexibility index (Phi) is 10.1. The molecule has 1 unspecified atom stereocenters. The number of carboxylic acids is 1. The summed E-state index contributed by atoms with van der Waals surface area (Å²) in [6.45, 7) is 3.83. The van der Waals surface area contributed by atoms with Crippen LogP contribution in [0, 0.1) is 5.92 Å². The molecule has 0 bridgehead atoms. The van der Waals surface area contributed by atoms with E-state index in [0.717, 1.165) is 29.6 Å². The van der Waals surface area contributed by atoms with Crippen molar-refractivity contribution in [2.45, 2.75) is 68.7 Å². The van der Waals surface area contributed by atoms with Crippen molar-refractivity contribution in [3.05, 3.63) is 75.5 Å². The minimum absolute atomic E-state index is 0.0291. The summed E-state index contributed by atoms with van der Waals surface area (Å²) in [4.78, 5) is 11.0. The molecule has 1 aliphatic carbocycles. The summed E-state index contributed by atoms with van der Waals surface area (Å²) in [6.07, 6.45) is -3.21. The number of carbonyl (C=O) groups is 1. The average molecular weight is 639 g/mol. The average Bonchev–Trinajstić information content (AvgIpc) is 3.56. The van der Waals surface area contributed by atoms with Crippen LogP contribution in [-0.4, -0.2) is 60.7 Å². The molecule has 1 atom stereocenters. The quantitative estimate of drug-likeness (QED) is 0.225. The van der Waals surface area contributed by atoms with Gasteiger partial charge in [-0.2, -0.15) is 17.5 Å². The van der Waals surface area contributed by atoms with Gasteiger partial charge in [-0.3, -0.25) is 4.79 Å². The van der Waals surface area contributed by atoms with Gasteiger partial charge in [-0.15, -0.1) is 11.3 Å². The van der Waals surface area contributed by atoms with Gasteiger partial charge in [-0.05, 0) is 97.3 Å². The number of aliphatic hydroxyl groups excluding tert-OH is 1. The zero-order valence-corrected chi connectivity index (χ0v) is 26.0. The van der Waals surface area contributed by atoms with Crippen molar-refractivity contribution < 1.29 is 36.6 Å². The third-order valence-corrected chi connectivity index (χ3v) is 10.6. The number of thiophene rings is 1. The number of β-amino-alcohol motifs (C(OH)–C–C–N with tert-alkyl or cyclic N) is 1. The third kappa shape index (κ3) is 8.45. The van der Waals surface area contributed by atoms with Gasteiger partial charge in [0.15, 0.2) is 0 Å². The van der Waals surface area contributed by atoms with Crippen molar-refractivity contribution in [1.82, 2.24) is 9.62 Å². The predicted molar refractivity (Wildman–Crippen MR) is 161 cm³/mol. The van der Waals surface area contributed by atoms with Gasteiger partial charge in [0.25, 0.3) is 0 Å². The predicted octanol–water partition coefficient (Wildman–Crippen LogP) is 5.61. The van der Waals surface area contributed by atoms with E-state index in [0.29, 0.717) is 22.4 Å². The summed E-state index contributed by atoms with van der Waals surface area (Å²) >= 11 is 1.20. The molecule has 234 valence electrons. The smallest absolute Gasteiger partial charge is 0.416 e. The van der Waals surface area contributed by atoms with Crippen molar-refractivity contribution >= 4 is 27.3 Å². The number of likely N-dealkylation sites (N-methyl/N-ethyl adjacent to an activating group) is 1. The van der Waals surface area contributed by atoms with E-state index in [1.807, 2.05) is 26.0 Å². The zero-order chi connectivity index (χ0) is 31.6.